The predicted octanol–water partition coefficient (Wildman–Crippen LogP) is 2.74. The average molecular weight is 401 g/mol. The lowest BCUT2D eigenvalue weighted by molar-refractivity contribution is -0.147. The van der Waals surface area contributed by atoms with Crippen molar-refractivity contribution in [2.24, 2.45) is 0 Å². The van der Waals surface area contributed by atoms with Gasteiger partial charge in [-0.15, -0.1) is 0 Å². The van der Waals surface area contributed by atoms with Gasteiger partial charge in [0.2, 0.25) is 0 Å². The number of hydrogen-bond donors (Lipinski definition) is 1. The summed E-state index contributed by atoms with van der Waals surface area (Å²) in [5.74, 6) is -1.22. The summed E-state index contributed by atoms with van der Waals surface area (Å²) in [6, 6.07) is 13.5. The first-order valence-electron chi connectivity index (χ1n) is 8.37. The Hall–Kier alpha value is -3.32. The summed E-state index contributed by atoms with van der Waals surface area (Å²) in [4.78, 5) is 36.3. The molecule has 2 aromatic rings. The van der Waals surface area contributed by atoms with Gasteiger partial charge in [0.1, 0.15) is 11.3 Å². The molecule has 0 aromatic heterocycles. The number of hydrogen-bond acceptors (Lipinski definition) is 5. The van der Waals surface area contributed by atoms with E-state index in [9.17, 15) is 14.4 Å². The Labute approximate surface area is 166 Å². The number of benzene rings is 2. The topological polar surface area (TPSA) is 84.9 Å². The van der Waals surface area contributed by atoms with Crippen LogP contribution >= 0.6 is 11.6 Å². The molecule has 1 aliphatic heterocycles. The molecular formula is C20H17ClN2O5. The third-order valence-corrected chi connectivity index (χ3v) is 4.31. The molecule has 8 heteroatoms. The zero-order chi connectivity index (χ0) is 20.3. The number of carbonyl (C=O) groups is 3. The summed E-state index contributed by atoms with van der Waals surface area (Å²) >= 11 is 6.20. The molecule has 2 aromatic carbocycles. The van der Waals surface area contributed by atoms with Crippen molar-refractivity contribution in [3.8, 4) is 5.75 Å². The van der Waals surface area contributed by atoms with Crippen LogP contribution in [0.1, 0.15) is 12.5 Å². The number of anilines is 1. The maximum atomic E-state index is 12.6. The molecule has 1 N–H and O–H groups in total. The molecule has 1 atom stereocenters. The highest BCUT2D eigenvalue weighted by molar-refractivity contribution is 6.33. The SMILES string of the molecule is COC(=O)[C@@H](C)Oc1ccc(/C=C2/C(=O)NN(c3ccccc3)C2=O)cc1Cl. The van der Waals surface area contributed by atoms with Gasteiger partial charge in [-0.25, -0.2) is 9.80 Å². The molecular weight excluding hydrogens is 384 g/mol. The molecule has 3 rings (SSSR count). The van der Waals surface area contributed by atoms with Crippen LogP contribution in [-0.4, -0.2) is 31.0 Å². The lowest BCUT2D eigenvalue weighted by Crippen LogP contribution is -2.35. The standard InChI is InChI=1S/C20H17ClN2O5/c1-12(20(26)27-2)28-17-9-8-13(11-16(17)21)10-15-18(24)22-23(19(15)25)14-6-4-3-5-7-14/h3-12H,1-2H3,(H,22,24)/b15-10-/t12-/m1/s1. The highest BCUT2D eigenvalue weighted by Gasteiger charge is 2.34. The normalized spacial score (nSPS) is 16.1. The van der Waals surface area contributed by atoms with Crippen molar-refractivity contribution in [2.75, 3.05) is 12.1 Å². The Morgan fingerprint density at radius 1 is 1.18 bits per heavy atom. The maximum Gasteiger partial charge on any atom is 0.346 e. The first kappa shape index (κ1) is 19.4. The van der Waals surface area contributed by atoms with Gasteiger partial charge in [0.15, 0.2) is 6.10 Å². The number of halogens is 1. The van der Waals surface area contributed by atoms with E-state index < -0.39 is 23.9 Å². The van der Waals surface area contributed by atoms with Crippen molar-refractivity contribution < 1.29 is 23.9 Å². The number of esters is 1. The highest BCUT2D eigenvalue weighted by Crippen LogP contribution is 2.28. The number of nitrogens with zero attached hydrogens (tertiary/aromatic N) is 1. The number of para-hydroxylation sites is 1. The van der Waals surface area contributed by atoms with E-state index in [1.807, 2.05) is 6.07 Å². The first-order chi connectivity index (χ1) is 13.4. The monoisotopic (exact) mass is 400 g/mol. The second-order valence-corrected chi connectivity index (χ2v) is 6.36. The van der Waals surface area contributed by atoms with E-state index in [4.69, 9.17) is 16.3 Å². The van der Waals surface area contributed by atoms with Crippen molar-refractivity contribution in [1.82, 2.24) is 5.43 Å². The van der Waals surface area contributed by atoms with Crippen LogP contribution in [0.3, 0.4) is 0 Å². The predicted molar refractivity (Wildman–Crippen MR) is 104 cm³/mol. The van der Waals surface area contributed by atoms with E-state index in [0.29, 0.717) is 11.3 Å². The van der Waals surface area contributed by atoms with Gasteiger partial charge >= 0.3 is 5.97 Å². The van der Waals surface area contributed by atoms with E-state index in [-0.39, 0.29) is 16.3 Å². The van der Waals surface area contributed by atoms with Crippen molar-refractivity contribution >= 4 is 41.1 Å². The summed E-state index contributed by atoms with van der Waals surface area (Å²) < 4.78 is 10.1. The lowest BCUT2D eigenvalue weighted by atomic mass is 10.1. The minimum atomic E-state index is -0.826. The second kappa shape index (κ2) is 8.14. The molecule has 1 fully saturated rings. The summed E-state index contributed by atoms with van der Waals surface area (Å²) in [7, 11) is 1.27. The first-order valence-corrected chi connectivity index (χ1v) is 8.74. The molecule has 0 aliphatic carbocycles. The van der Waals surface area contributed by atoms with Gasteiger partial charge in [-0.1, -0.05) is 35.9 Å². The van der Waals surface area contributed by atoms with Crippen LogP contribution in [0.4, 0.5) is 5.69 Å². The minimum Gasteiger partial charge on any atom is -0.477 e. The summed E-state index contributed by atoms with van der Waals surface area (Å²) in [5, 5.41) is 1.42. The van der Waals surface area contributed by atoms with E-state index in [1.165, 1.54) is 25.1 Å². The second-order valence-electron chi connectivity index (χ2n) is 5.95. The Kier molecular flexibility index (Phi) is 5.65. The molecule has 7 nitrogen and oxygen atoms in total. The Balaban J connectivity index is 1.81. The number of ether oxygens (including phenoxy) is 2. The Bertz CT molecular complexity index is 958. The van der Waals surface area contributed by atoms with E-state index in [0.717, 1.165) is 0 Å². The van der Waals surface area contributed by atoms with Crippen molar-refractivity contribution in [3.63, 3.8) is 0 Å². The lowest BCUT2D eigenvalue weighted by Gasteiger charge is -2.14. The summed E-state index contributed by atoms with van der Waals surface area (Å²) in [6.45, 7) is 1.54. The third-order valence-electron chi connectivity index (χ3n) is 4.01. The molecule has 1 heterocycles. The van der Waals surface area contributed by atoms with Crippen molar-refractivity contribution in [2.45, 2.75) is 13.0 Å². The summed E-state index contributed by atoms with van der Waals surface area (Å²) in [6.07, 6.45) is 0.619. The van der Waals surface area contributed by atoms with Gasteiger partial charge in [-0.05, 0) is 42.8 Å². The molecule has 0 spiro atoms. The van der Waals surface area contributed by atoms with Gasteiger partial charge in [0.05, 0.1) is 17.8 Å². The van der Waals surface area contributed by atoms with Crippen LogP contribution in [0.25, 0.3) is 6.08 Å². The average Bonchev–Trinajstić information content (AvgIpc) is 2.98. The number of nitrogens with one attached hydrogen (secondary N) is 1. The number of hydrazine groups is 1. The fourth-order valence-electron chi connectivity index (χ4n) is 2.59. The van der Waals surface area contributed by atoms with Gasteiger partial charge in [-0.2, -0.15) is 0 Å². The van der Waals surface area contributed by atoms with Gasteiger partial charge in [-0.3, -0.25) is 15.0 Å². The molecule has 2 amide bonds. The van der Waals surface area contributed by atoms with Crippen LogP contribution in [-0.2, 0) is 19.1 Å². The highest BCUT2D eigenvalue weighted by atomic mass is 35.5. The Morgan fingerprint density at radius 3 is 2.54 bits per heavy atom. The number of amides is 2. The molecule has 0 bridgehead atoms. The fourth-order valence-corrected chi connectivity index (χ4v) is 2.82. The number of rotatable bonds is 5. The molecule has 0 radical (unpaired) electrons. The fraction of sp³-hybridized carbons (Fsp3) is 0.150. The van der Waals surface area contributed by atoms with E-state index in [2.05, 4.69) is 10.2 Å². The van der Waals surface area contributed by atoms with Crippen molar-refractivity contribution in [3.05, 3.63) is 64.7 Å². The maximum absolute atomic E-state index is 12.6. The molecule has 144 valence electrons. The Morgan fingerprint density at radius 2 is 1.89 bits per heavy atom. The van der Waals surface area contributed by atoms with Crippen LogP contribution in [0.5, 0.6) is 5.75 Å². The molecule has 1 saturated heterocycles. The molecule has 0 saturated carbocycles. The van der Waals surface area contributed by atoms with Crippen LogP contribution < -0.4 is 15.2 Å². The smallest absolute Gasteiger partial charge is 0.346 e. The summed E-state index contributed by atoms with van der Waals surface area (Å²) in [5.41, 5.74) is 3.61. The van der Waals surface area contributed by atoms with E-state index in [1.54, 1.807) is 42.5 Å². The minimum absolute atomic E-state index is 0.0171. The third kappa shape index (κ3) is 3.99. The van der Waals surface area contributed by atoms with Crippen molar-refractivity contribution in [1.29, 1.82) is 0 Å². The largest absolute Gasteiger partial charge is 0.477 e. The van der Waals surface area contributed by atoms with Crippen LogP contribution in [0.2, 0.25) is 5.02 Å². The van der Waals surface area contributed by atoms with Gasteiger partial charge in [0, 0.05) is 0 Å². The zero-order valence-corrected chi connectivity index (χ0v) is 15.9. The number of carbonyl (C=O) groups excluding carboxylic acids is 3. The number of methoxy groups -OCH3 is 1. The molecule has 28 heavy (non-hydrogen) atoms. The van der Waals surface area contributed by atoms with Crippen LogP contribution in [0, 0.1) is 0 Å². The molecule has 1 aliphatic rings. The quantitative estimate of drug-likeness (QED) is 0.474. The van der Waals surface area contributed by atoms with Gasteiger partial charge < -0.3 is 9.47 Å². The van der Waals surface area contributed by atoms with Gasteiger partial charge in [0.25, 0.3) is 11.8 Å². The van der Waals surface area contributed by atoms with Crippen LogP contribution in [0.15, 0.2) is 54.1 Å². The van der Waals surface area contributed by atoms with E-state index >= 15 is 0 Å². The molecule has 0 unspecified atom stereocenters. The zero-order valence-electron chi connectivity index (χ0n) is 15.1.